The molecule has 8 heteroatoms. The van der Waals surface area contributed by atoms with Crippen molar-refractivity contribution in [3.8, 4) is 5.75 Å². The van der Waals surface area contributed by atoms with Crippen LogP contribution in [0.25, 0.3) is 10.8 Å². The van der Waals surface area contributed by atoms with Gasteiger partial charge in [-0.3, -0.25) is 9.10 Å². The number of anilines is 1. The van der Waals surface area contributed by atoms with E-state index in [1.54, 1.807) is 12.1 Å². The minimum Gasteiger partial charge on any atom is -0.507 e. The molecule has 2 N–H and O–H groups in total. The predicted molar refractivity (Wildman–Crippen MR) is 110 cm³/mol. The number of fused-ring (bicyclic) bond motifs is 1. The summed E-state index contributed by atoms with van der Waals surface area (Å²) < 4.78 is 24.2. The van der Waals surface area contributed by atoms with Crippen molar-refractivity contribution in [1.29, 1.82) is 0 Å². The molecule has 0 aromatic heterocycles. The highest BCUT2D eigenvalue weighted by atomic mass is 32.2. The van der Waals surface area contributed by atoms with Crippen molar-refractivity contribution in [2.24, 2.45) is 5.10 Å². The lowest BCUT2D eigenvalue weighted by Crippen LogP contribution is -2.25. The van der Waals surface area contributed by atoms with Gasteiger partial charge in [-0.15, -0.1) is 0 Å². The summed E-state index contributed by atoms with van der Waals surface area (Å²) in [6.45, 7) is 0. The summed E-state index contributed by atoms with van der Waals surface area (Å²) >= 11 is 0. The Morgan fingerprint density at radius 3 is 2.43 bits per heavy atom. The molecule has 0 atom stereocenters. The first-order valence-corrected chi connectivity index (χ1v) is 10.2. The van der Waals surface area contributed by atoms with Crippen LogP contribution in [0.2, 0.25) is 0 Å². The maximum Gasteiger partial charge on any atom is 0.271 e. The SMILES string of the molecule is CN(c1ccc(C(=O)N/N=C\c2c(O)ccc3ccccc23)cc1)S(C)(=O)=O. The van der Waals surface area contributed by atoms with Crippen molar-refractivity contribution < 1.29 is 18.3 Å². The van der Waals surface area contributed by atoms with Crippen LogP contribution in [0.15, 0.2) is 65.8 Å². The Hall–Kier alpha value is -3.39. The molecule has 0 spiro atoms. The van der Waals surface area contributed by atoms with Gasteiger partial charge in [0.1, 0.15) is 5.75 Å². The van der Waals surface area contributed by atoms with Gasteiger partial charge in [-0.2, -0.15) is 5.10 Å². The lowest BCUT2D eigenvalue weighted by Gasteiger charge is -2.16. The van der Waals surface area contributed by atoms with Crippen LogP contribution in [0.4, 0.5) is 5.69 Å². The number of nitrogens with zero attached hydrogens (tertiary/aromatic N) is 2. The molecule has 0 saturated heterocycles. The number of amides is 1. The molecular weight excluding hydrogens is 378 g/mol. The fraction of sp³-hybridized carbons (Fsp3) is 0.100. The minimum atomic E-state index is -3.37. The highest BCUT2D eigenvalue weighted by Gasteiger charge is 2.12. The van der Waals surface area contributed by atoms with Crippen molar-refractivity contribution in [1.82, 2.24) is 5.43 Å². The first-order chi connectivity index (χ1) is 13.3. The minimum absolute atomic E-state index is 0.0601. The highest BCUT2D eigenvalue weighted by Crippen LogP contribution is 2.25. The topological polar surface area (TPSA) is 99.1 Å². The zero-order valence-electron chi connectivity index (χ0n) is 15.3. The third-order valence-electron chi connectivity index (χ3n) is 4.30. The van der Waals surface area contributed by atoms with E-state index in [1.165, 1.54) is 37.5 Å². The van der Waals surface area contributed by atoms with Gasteiger partial charge in [-0.25, -0.2) is 13.8 Å². The molecular formula is C20H19N3O4S. The van der Waals surface area contributed by atoms with E-state index in [4.69, 9.17) is 0 Å². The standard InChI is InChI=1S/C20H19N3O4S/c1-23(28(2,26)27)16-10-7-15(8-11-16)20(25)22-21-13-18-17-6-4-3-5-14(17)9-12-19(18)24/h3-13,24H,1-2H3,(H,22,25)/b21-13-. The van der Waals surface area contributed by atoms with Gasteiger partial charge >= 0.3 is 0 Å². The van der Waals surface area contributed by atoms with E-state index in [0.717, 1.165) is 21.3 Å². The Morgan fingerprint density at radius 2 is 1.75 bits per heavy atom. The van der Waals surface area contributed by atoms with E-state index in [2.05, 4.69) is 10.5 Å². The summed E-state index contributed by atoms with van der Waals surface area (Å²) in [4.78, 5) is 12.2. The fourth-order valence-corrected chi connectivity index (χ4v) is 3.16. The number of hydrogen-bond acceptors (Lipinski definition) is 5. The normalized spacial score (nSPS) is 11.6. The zero-order valence-corrected chi connectivity index (χ0v) is 16.1. The zero-order chi connectivity index (χ0) is 20.3. The number of phenols is 1. The van der Waals surface area contributed by atoms with E-state index in [1.807, 2.05) is 24.3 Å². The van der Waals surface area contributed by atoms with Crippen LogP contribution < -0.4 is 9.73 Å². The Morgan fingerprint density at radius 1 is 1.07 bits per heavy atom. The highest BCUT2D eigenvalue weighted by molar-refractivity contribution is 7.92. The number of carbonyl (C=O) groups excluding carboxylic acids is 1. The first kappa shape index (κ1) is 19.4. The predicted octanol–water partition coefficient (Wildman–Crippen LogP) is 2.71. The molecule has 0 saturated carbocycles. The van der Waals surface area contributed by atoms with Crippen LogP contribution in [-0.4, -0.2) is 38.9 Å². The van der Waals surface area contributed by atoms with E-state index in [0.29, 0.717) is 16.8 Å². The molecule has 3 aromatic rings. The first-order valence-electron chi connectivity index (χ1n) is 8.35. The molecule has 0 aliphatic rings. The summed E-state index contributed by atoms with van der Waals surface area (Å²) in [7, 11) is -1.93. The fourth-order valence-electron chi connectivity index (χ4n) is 2.65. The molecule has 0 radical (unpaired) electrons. The Balaban J connectivity index is 1.75. The number of hydrogen-bond donors (Lipinski definition) is 2. The number of benzene rings is 3. The average molecular weight is 397 g/mol. The second-order valence-electron chi connectivity index (χ2n) is 6.20. The van der Waals surface area contributed by atoms with Crippen molar-refractivity contribution in [2.75, 3.05) is 17.6 Å². The number of rotatable bonds is 5. The smallest absolute Gasteiger partial charge is 0.271 e. The third kappa shape index (κ3) is 4.12. The van der Waals surface area contributed by atoms with Gasteiger partial charge in [0.25, 0.3) is 5.91 Å². The third-order valence-corrected chi connectivity index (χ3v) is 5.50. The second kappa shape index (κ2) is 7.69. The van der Waals surface area contributed by atoms with Gasteiger partial charge in [0.05, 0.1) is 18.2 Å². The molecule has 144 valence electrons. The van der Waals surface area contributed by atoms with Gasteiger partial charge in [-0.1, -0.05) is 30.3 Å². The maximum absolute atomic E-state index is 12.2. The molecule has 0 fully saturated rings. The average Bonchev–Trinajstić information content (AvgIpc) is 2.68. The lowest BCUT2D eigenvalue weighted by atomic mass is 10.0. The number of hydrazone groups is 1. The van der Waals surface area contributed by atoms with E-state index in [-0.39, 0.29) is 5.75 Å². The number of sulfonamides is 1. The van der Waals surface area contributed by atoms with E-state index < -0.39 is 15.9 Å². The van der Waals surface area contributed by atoms with Crippen LogP contribution in [0.5, 0.6) is 5.75 Å². The maximum atomic E-state index is 12.2. The van der Waals surface area contributed by atoms with Crippen LogP contribution in [0.1, 0.15) is 15.9 Å². The van der Waals surface area contributed by atoms with Crippen LogP contribution >= 0.6 is 0 Å². The number of aromatic hydroxyl groups is 1. The van der Waals surface area contributed by atoms with Gasteiger partial charge in [-0.05, 0) is 41.1 Å². The Labute approximate surface area is 163 Å². The summed E-state index contributed by atoms with van der Waals surface area (Å²) in [5.41, 5.74) is 3.68. The van der Waals surface area contributed by atoms with E-state index in [9.17, 15) is 18.3 Å². The molecule has 3 aromatic carbocycles. The number of phenolic OH excluding ortho intramolecular Hbond substituents is 1. The van der Waals surface area contributed by atoms with Crippen molar-refractivity contribution in [3.63, 3.8) is 0 Å². The molecule has 7 nitrogen and oxygen atoms in total. The molecule has 0 aliphatic carbocycles. The largest absolute Gasteiger partial charge is 0.507 e. The molecule has 1 amide bonds. The van der Waals surface area contributed by atoms with Gasteiger partial charge in [0.15, 0.2) is 0 Å². The number of nitrogens with one attached hydrogen (secondary N) is 1. The van der Waals surface area contributed by atoms with E-state index >= 15 is 0 Å². The second-order valence-corrected chi connectivity index (χ2v) is 8.21. The van der Waals surface area contributed by atoms with Gasteiger partial charge in [0, 0.05) is 18.2 Å². The molecule has 0 unspecified atom stereocenters. The molecule has 0 aliphatic heterocycles. The van der Waals surface area contributed by atoms with Gasteiger partial charge in [0.2, 0.25) is 10.0 Å². The molecule has 28 heavy (non-hydrogen) atoms. The summed E-state index contributed by atoms with van der Waals surface area (Å²) in [5, 5.41) is 15.8. The Kier molecular flexibility index (Phi) is 5.32. The molecule has 3 rings (SSSR count). The summed E-state index contributed by atoms with van der Waals surface area (Å²) in [6, 6.07) is 17.0. The monoisotopic (exact) mass is 397 g/mol. The summed E-state index contributed by atoms with van der Waals surface area (Å²) in [5.74, 6) is -0.394. The molecule has 0 heterocycles. The summed E-state index contributed by atoms with van der Waals surface area (Å²) in [6.07, 6.45) is 2.49. The molecule has 0 bridgehead atoms. The van der Waals surface area contributed by atoms with Crippen LogP contribution in [-0.2, 0) is 10.0 Å². The van der Waals surface area contributed by atoms with Crippen LogP contribution in [0, 0.1) is 0 Å². The van der Waals surface area contributed by atoms with Crippen LogP contribution in [0.3, 0.4) is 0 Å². The Bertz CT molecular complexity index is 1160. The number of carbonyl (C=O) groups is 1. The quantitative estimate of drug-likeness (QED) is 0.511. The van der Waals surface area contributed by atoms with Crippen molar-refractivity contribution >= 4 is 38.6 Å². The van der Waals surface area contributed by atoms with Gasteiger partial charge < -0.3 is 5.11 Å². The lowest BCUT2D eigenvalue weighted by molar-refractivity contribution is 0.0955. The van der Waals surface area contributed by atoms with Crippen molar-refractivity contribution in [2.45, 2.75) is 0 Å². The van der Waals surface area contributed by atoms with Crippen molar-refractivity contribution in [3.05, 3.63) is 71.8 Å².